The Balaban J connectivity index is 3.38. The van der Waals surface area contributed by atoms with Crippen LogP contribution in [0.15, 0.2) is 22.4 Å². The van der Waals surface area contributed by atoms with Crippen LogP contribution in [0.2, 0.25) is 0 Å². The molecule has 1 aromatic heterocycles. The summed E-state index contributed by atoms with van der Waals surface area (Å²) in [4.78, 5) is 18.0. The third kappa shape index (κ3) is 2.31. The van der Waals surface area contributed by atoms with Crippen LogP contribution in [0.5, 0.6) is 0 Å². The minimum Gasteiger partial charge on any atom is -0.258 e. The summed E-state index contributed by atoms with van der Waals surface area (Å²) in [5.41, 5.74) is 15.8. The molecule has 0 aromatic carbocycles. The van der Waals surface area contributed by atoms with Gasteiger partial charge in [-0.3, -0.25) is 10.1 Å². The molecule has 10 heteroatoms. The highest BCUT2D eigenvalue weighted by Crippen LogP contribution is 2.27. The summed E-state index contributed by atoms with van der Waals surface area (Å²) in [6.07, 6.45) is 0. The Hall–Kier alpha value is -2.83. The molecule has 0 atom stereocenters. The van der Waals surface area contributed by atoms with Crippen molar-refractivity contribution in [3.63, 3.8) is 0 Å². The highest BCUT2D eigenvalue weighted by atomic mass is 16.6. The summed E-state index contributed by atoms with van der Waals surface area (Å²) >= 11 is 0. The minimum atomic E-state index is -0.753. The average Bonchev–Trinajstić information content (AvgIpc) is 2.18. The molecule has 1 rings (SSSR count). The quantitative estimate of drug-likeness (QED) is 0.245. The number of aromatic nitrogens is 1. The van der Waals surface area contributed by atoms with Gasteiger partial charge in [0, 0.05) is 15.9 Å². The first-order chi connectivity index (χ1) is 7.19. The number of azide groups is 2. The Bertz CT molecular complexity index is 498. The van der Waals surface area contributed by atoms with Crippen molar-refractivity contribution in [2.45, 2.75) is 0 Å². The first-order valence-electron chi connectivity index (χ1n) is 3.44. The summed E-state index contributed by atoms with van der Waals surface area (Å²) in [6.45, 7) is 0. The van der Waals surface area contributed by atoms with E-state index in [1.54, 1.807) is 0 Å². The molecule has 0 aliphatic carbocycles. The second-order valence-electron chi connectivity index (χ2n) is 2.15. The van der Waals surface area contributed by atoms with Crippen molar-refractivity contribution in [3.05, 3.63) is 43.1 Å². The maximum atomic E-state index is 10.4. The van der Waals surface area contributed by atoms with Crippen molar-refractivity contribution in [1.82, 2.24) is 4.98 Å². The molecule has 15 heavy (non-hydrogen) atoms. The molecule has 0 fully saturated rings. The zero-order valence-corrected chi connectivity index (χ0v) is 7.05. The fourth-order valence-corrected chi connectivity index (χ4v) is 0.791. The highest BCUT2D eigenvalue weighted by molar-refractivity contribution is 5.55. The number of nitro groups is 1. The van der Waals surface area contributed by atoms with Crippen molar-refractivity contribution in [1.29, 1.82) is 0 Å². The summed E-state index contributed by atoms with van der Waals surface area (Å²) in [6, 6.07) is 2.19. The fraction of sp³-hybridized carbons (Fsp3) is 0. The summed E-state index contributed by atoms with van der Waals surface area (Å²) in [7, 11) is 0. The van der Waals surface area contributed by atoms with Crippen LogP contribution in [-0.4, -0.2) is 9.91 Å². The second kappa shape index (κ2) is 4.42. The van der Waals surface area contributed by atoms with Gasteiger partial charge in [-0.1, -0.05) is 0 Å². The van der Waals surface area contributed by atoms with E-state index in [-0.39, 0.29) is 5.82 Å². The number of rotatable bonds is 3. The van der Waals surface area contributed by atoms with Gasteiger partial charge in [-0.2, -0.15) is 0 Å². The van der Waals surface area contributed by atoms with Crippen LogP contribution >= 0.6 is 0 Å². The van der Waals surface area contributed by atoms with Gasteiger partial charge in [0.1, 0.15) is 5.82 Å². The van der Waals surface area contributed by atoms with E-state index in [0.29, 0.717) is 0 Å². The molecule has 0 unspecified atom stereocenters. The number of hydrogen-bond acceptors (Lipinski definition) is 5. The van der Waals surface area contributed by atoms with Gasteiger partial charge in [-0.25, -0.2) is 4.98 Å². The molecule has 0 aliphatic heterocycles. The van der Waals surface area contributed by atoms with Crippen LogP contribution in [0.25, 0.3) is 20.9 Å². The molecule has 0 bridgehead atoms. The van der Waals surface area contributed by atoms with Gasteiger partial charge in [0.25, 0.3) is 5.69 Å². The minimum absolute atomic E-state index is 0.106. The molecule has 0 radical (unpaired) electrons. The fourth-order valence-electron chi connectivity index (χ4n) is 0.791. The van der Waals surface area contributed by atoms with E-state index in [1.807, 2.05) is 0 Å². The predicted molar refractivity (Wildman–Crippen MR) is 48.5 cm³/mol. The van der Waals surface area contributed by atoms with E-state index in [1.165, 1.54) is 0 Å². The Kier molecular flexibility index (Phi) is 3.02. The Morgan fingerprint density at radius 3 is 2.53 bits per heavy atom. The topological polar surface area (TPSA) is 154 Å². The molecule has 0 saturated heterocycles. The number of pyridine rings is 1. The Labute approximate surface area is 81.6 Å². The number of nitrogens with zero attached hydrogens (tertiary/aromatic N) is 8. The smallest absolute Gasteiger partial charge is 0.258 e. The maximum Gasteiger partial charge on any atom is 0.297 e. The molecule has 1 aromatic rings. The monoisotopic (exact) mass is 206 g/mol. The van der Waals surface area contributed by atoms with Crippen molar-refractivity contribution in [2.75, 3.05) is 0 Å². The van der Waals surface area contributed by atoms with Gasteiger partial charge >= 0.3 is 0 Å². The third-order valence-corrected chi connectivity index (χ3v) is 1.32. The van der Waals surface area contributed by atoms with Crippen molar-refractivity contribution >= 4 is 17.3 Å². The first kappa shape index (κ1) is 10.3. The lowest BCUT2D eigenvalue weighted by Crippen LogP contribution is -1.89. The Morgan fingerprint density at radius 2 is 2.00 bits per heavy atom. The van der Waals surface area contributed by atoms with Crippen LogP contribution in [0.3, 0.4) is 0 Å². The lowest BCUT2D eigenvalue weighted by Gasteiger charge is -1.95. The van der Waals surface area contributed by atoms with Crippen molar-refractivity contribution in [3.8, 4) is 0 Å². The maximum absolute atomic E-state index is 10.4. The van der Waals surface area contributed by atoms with Crippen LogP contribution in [0.1, 0.15) is 0 Å². The van der Waals surface area contributed by atoms with Gasteiger partial charge in [0.15, 0.2) is 0 Å². The van der Waals surface area contributed by atoms with Crippen molar-refractivity contribution < 1.29 is 4.92 Å². The zero-order chi connectivity index (χ0) is 11.3. The van der Waals surface area contributed by atoms with E-state index >= 15 is 0 Å². The van der Waals surface area contributed by atoms with Crippen LogP contribution in [-0.2, 0) is 0 Å². The molecule has 74 valence electrons. The second-order valence-corrected chi connectivity index (χ2v) is 2.15. The predicted octanol–water partition coefficient (Wildman–Crippen LogP) is 2.87. The molecule has 0 aliphatic rings. The molecule has 0 N–H and O–H groups in total. The molecule has 0 saturated carbocycles. The molecule has 10 nitrogen and oxygen atoms in total. The van der Waals surface area contributed by atoms with Gasteiger partial charge in [0.2, 0.25) is 5.82 Å². The average molecular weight is 206 g/mol. The first-order valence-corrected chi connectivity index (χ1v) is 3.44. The highest BCUT2D eigenvalue weighted by Gasteiger charge is 2.13. The van der Waals surface area contributed by atoms with Crippen LogP contribution in [0, 0.1) is 10.1 Å². The zero-order valence-electron chi connectivity index (χ0n) is 7.05. The third-order valence-electron chi connectivity index (χ3n) is 1.32. The molecule has 1 heterocycles. The molecular weight excluding hydrogens is 204 g/mol. The van der Waals surface area contributed by atoms with E-state index in [4.69, 9.17) is 11.1 Å². The van der Waals surface area contributed by atoms with Gasteiger partial charge in [0.05, 0.1) is 4.92 Å². The normalized spacial score (nSPS) is 8.53. The van der Waals surface area contributed by atoms with Gasteiger partial charge in [-0.15, -0.1) is 0 Å². The van der Waals surface area contributed by atoms with Crippen LogP contribution < -0.4 is 0 Å². The summed E-state index contributed by atoms with van der Waals surface area (Å²) in [5, 5.41) is 16.6. The van der Waals surface area contributed by atoms with Crippen molar-refractivity contribution in [2.24, 2.45) is 10.2 Å². The largest absolute Gasteiger partial charge is 0.297 e. The molecular formula is C5H2N8O2. The van der Waals surface area contributed by atoms with E-state index < -0.39 is 16.4 Å². The Morgan fingerprint density at radius 1 is 1.33 bits per heavy atom. The SMILES string of the molecule is [N-]=[N+]=Nc1ccc([N+](=O)[O-])c(N=[N+]=[N-])n1. The standard InChI is InChI=1S/C5H2N8O2/c6-11-9-4-2-1-3(13(14)15)5(8-4)10-12-7/h1-2H. The van der Waals surface area contributed by atoms with E-state index in [2.05, 4.69) is 25.0 Å². The lowest BCUT2D eigenvalue weighted by molar-refractivity contribution is -0.384. The van der Waals surface area contributed by atoms with Gasteiger partial charge in [-0.05, 0) is 27.4 Å². The number of hydrogen-bond donors (Lipinski definition) is 0. The van der Waals surface area contributed by atoms with Gasteiger partial charge < -0.3 is 0 Å². The van der Waals surface area contributed by atoms with E-state index in [9.17, 15) is 10.1 Å². The lowest BCUT2D eigenvalue weighted by atomic mass is 10.4. The molecule has 0 amide bonds. The van der Waals surface area contributed by atoms with Crippen LogP contribution in [0.4, 0.5) is 17.3 Å². The molecule has 0 spiro atoms. The summed E-state index contributed by atoms with van der Waals surface area (Å²) < 4.78 is 0. The van der Waals surface area contributed by atoms with E-state index in [0.717, 1.165) is 12.1 Å². The summed E-state index contributed by atoms with van der Waals surface area (Å²) in [5.74, 6) is -0.544.